The van der Waals surface area contributed by atoms with Crippen LogP contribution in [0, 0.1) is 13.8 Å². The maximum atomic E-state index is 12.4. The lowest BCUT2D eigenvalue weighted by Crippen LogP contribution is -2.47. The van der Waals surface area contributed by atoms with Crippen LogP contribution in [-0.2, 0) is 4.79 Å². The van der Waals surface area contributed by atoms with Gasteiger partial charge in [0, 0.05) is 12.0 Å². The van der Waals surface area contributed by atoms with E-state index in [1.165, 1.54) is 12.1 Å². The quantitative estimate of drug-likeness (QED) is 0.744. The zero-order valence-corrected chi connectivity index (χ0v) is 17.3. The van der Waals surface area contributed by atoms with Gasteiger partial charge in [-0.05, 0) is 50.1 Å². The molecule has 1 heterocycles. The highest BCUT2D eigenvalue weighted by Crippen LogP contribution is 2.37. The topological polar surface area (TPSA) is 85.9 Å². The zero-order chi connectivity index (χ0) is 21.0. The second kappa shape index (κ2) is 9.05. The Morgan fingerprint density at radius 1 is 1.14 bits per heavy atom. The molecule has 2 amide bonds. The fraction of sp³-hybridized carbons (Fsp3) is 0.333. The van der Waals surface area contributed by atoms with Gasteiger partial charge in [-0.3, -0.25) is 20.4 Å². The van der Waals surface area contributed by atoms with Crippen molar-refractivity contribution >= 4 is 23.4 Å². The Morgan fingerprint density at radius 3 is 2.69 bits per heavy atom. The van der Waals surface area contributed by atoms with Gasteiger partial charge in [0.1, 0.15) is 5.75 Å². The number of halogens is 1. The zero-order valence-electron chi connectivity index (χ0n) is 16.5. The number of hydrogen-bond acceptors (Lipinski definition) is 5. The van der Waals surface area contributed by atoms with Crippen LogP contribution in [-0.4, -0.2) is 31.1 Å². The van der Waals surface area contributed by atoms with E-state index in [0.29, 0.717) is 30.5 Å². The fourth-order valence-electron chi connectivity index (χ4n) is 2.75. The molecular weight excluding hydrogens is 396 g/mol. The molecule has 0 aromatic heterocycles. The van der Waals surface area contributed by atoms with Crippen molar-refractivity contribution in [3.8, 4) is 17.2 Å². The summed E-state index contributed by atoms with van der Waals surface area (Å²) < 4.78 is 16.8. The van der Waals surface area contributed by atoms with Gasteiger partial charge in [-0.25, -0.2) is 0 Å². The van der Waals surface area contributed by atoms with Crippen molar-refractivity contribution in [2.75, 3.05) is 13.2 Å². The Kier molecular flexibility index (Phi) is 6.49. The number of carbonyl (C=O) groups is 2. The van der Waals surface area contributed by atoms with Crippen molar-refractivity contribution in [2.45, 2.75) is 33.3 Å². The van der Waals surface area contributed by atoms with E-state index >= 15 is 0 Å². The summed E-state index contributed by atoms with van der Waals surface area (Å²) >= 11 is 6.20. The Balaban J connectivity index is 1.61. The summed E-state index contributed by atoms with van der Waals surface area (Å²) in [6.07, 6.45) is -0.0795. The number of benzene rings is 2. The van der Waals surface area contributed by atoms with Crippen molar-refractivity contribution in [1.82, 2.24) is 10.9 Å². The highest BCUT2D eigenvalue weighted by atomic mass is 35.5. The van der Waals surface area contributed by atoms with Crippen LogP contribution in [0.4, 0.5) is 0 Å². The summed E-state index contributed by atoms with van der Waals surface area (Å²) in [5, 5.41) is 0.271. The maximum absolute atomic E-state index is 12.4. The first-order valence-electron chi connectivity index (χ1n) is 9.29. The summed E-state index contributed by atoms with van der Waals surface area (Å²) in [7, 11) is 0. The Morgan fingerprint density at radius 2 is 1.90 bits per heavy atom. The predicted octanol–water partition coefficient (Wildman–Crippen LogP) is 3.35. The van der Waals surface area contributed by atoms with Crippen LogP contribution in [0.1, 0.15) is 34.8 Å². The van der Waals surface area contributed by atoms with E-state index in [0.717, 1.165) is 17.5 Å². The third kappa shape index (κ3) is 4.92. The first-order valence-corrected chi connectivity index (χ1v) is 9.67. The van der Waals surface area contributed by atoms with Crippen LogP contribution in [0.5, 0.6) is 17.2 Å². The van der Waals surface area contributed by atoms with Gasteiger partial charge in [0.15, 0.2) is 17.6 Å². The van der Waals surface area contributed by atoms with Crippen molar-refractivity contribution in [1.29, 1.82) is 0 Å². The molecule has 0 radical (unpaired) electrons. The normalized spacial score (nSPS) is 13.8. The van der Waals surface area contributed by atoms with Gasteiger partial charge in [-0.15, -0.1) is 0 Å². The Hall–Kier alpha value is -2.93. The van der Waals surface area contributed by atoms with Crippen molar-refractivity contribution in [2.24, 2.45) is 0 Å². The number of hydrogen-bond donors (Lipinski definition) is 2. The van der Waals surface area contributed by atoms with Gasteiger partial charge >= 0.3 is 0 Å². The summed E-state index contributed by atoms with van der Waals surface area (Å²) in [6.45, 7) is 6.46. The highest BCUT2D eigenvalue weighted by molar-refractivity contribution is 6.32. The molecule has 0 spiro atoms. The summed E-state index contributed by atoms with van der Waals surface area (Å²) in [5.41, 5.74) is 7.00. The van der Waals surface area contributed by atoms with Crippen LogP contribution in [0.2, 0.25) is 5.02 Å². The molecule has 0 bridgehead atoms. The molecule has 1 aliphatic rings. The minimum absolute atomic E-state index is 0.239. The summed E-state index contributed by atoms with van der Waals surface area (Å²) in [4.78, 5) is 24.7. The van der Waals surface area contributed by atoms with Crippen LogP contribution in [0.3, 0.4) is 0 Å². The van der Waals surface area contributed by atoms with E-state index in [1.807, 2.05) is 26.0 Å². The molecule has 0 aliphatic carbocycles. The maximum Gasteiger partial charge on any atom is 0.279 e. The van der Waals surface area contributed by atoms with Gasteiger partial charge < -0.3 is 14.2 Å². The average Bonchev–Trinajstić information content (AvgIpc) is 2.95. The summed E-state index contributed by atoms with van der Waals surface area (Å²) in [5.74, 6) is 0.418. The number of amides is 2. The molecule has 29 heavy (non-hydrogen) atoms. The van der Waals surface area contributed by atoms with Crippen LogP contribution in [0.15, 0.2) is 30.3 Å². The van der Waals surface area contributed by atoms with Gasteiger partial charge in [0.2, 0.25) is 0 Å². The molecule has 0 saturated heterocycles. The SMILES string of the molecule is Cc1cccc(OC(C)C(=O)NNC(=O)c2cc(Cl)c3c(c2)OCCCO3)c1C. The molecule has 3 rings (SSSR count). The molecule has 2 aromatic rings. The lowest BCUT2D eigenvalue weighted by Gasteiger charge is -2.17. The molecule has 1 aliphatic heterocycles. The van der Waals surface area contributed by atoms with Gasteiger partial charge in [0.05, 0.1) is 18.2 Å². The standard InChI is InChI=1S/C21H23ClN2O5/c1-12-6-4-7-17(13(12)2)29-14(3)20(25)23-24-21(26)15-10-16(22)19-18(11-15)27-8-5-9-28-19/h4,6-7,10-11,14H,5,8-9H2,1-3H3,(H,23,25)(H,24,26). The smallest absolute Gasteiger partial charge is 0.279 e. The van der Waals surface area contributed by atoms with Crippen molar-refractivity contribution in [3.05, 3.63) is 52.0 Å². The largest absolute Gasteiger partial charge is 0.489 e. The molecule has 0 fully saturated rings. The molecule has 8 heteroatoms. The predicted molar refractivity (Wildman–Crippen MR) is 109 cm³/mol. The minimum atomic E-state index is -0.803. The fourth-order valence-corrected chi connectivity index (χ4v) is 3.02. The lowest BCUT2D eigenvalue weighted by molar-refractivity contribution is -0.128. The molecule has 154 valence electrons. The number of carbonyl (C=O) groups excluding carboxylic acids is 2. The van der Waals surface area contributed by atoms with E-state index in [9.17, 15) is 9.59 Å². The molecule has 1 atom stereocenters. The van der Waals surface area contributed by atoms with E-state index < -0.39 is 17.9 Å². The number of ether oxygens (including phenoxy) is 3. The number of nitrogens with one attached hydrogen (secondary N) is 2. The number of fused-ring (bicyclic) bond motifs is 1. The van der Waals surface area contributed by atoms with E-state index in [4.69, 9.17) is 25.8 Å². The first kappa shape index (κ1) is 20.8. The molecule has 7 nitrogen and oxygen atoms in total. The third-order valence-electron chi connectivity index (χ3n) is 4.59. The van der Waals surface area contributed by atoms with Crippen molar-refractivity contribution < 1.29 is 23.8 Å². The van der Waals surface area contributed by atoms with Gasteiger partial charge in [-0.1, -0.05) is 23.7 Å². The third-order valence-corrected chi connectivity index (χ3v) is 4.87. The van der Waals surface area contributed by atoms with Crippen LogP contribution < -0.4 is 25.1 Å². The monoisotopic (exact) mass is 418 g/mol. The molecule has 0 saturated carbocycles. The number of aryl methyl sites for hydroxylation is 1. The Labute approximate surface area is 174 Å². The van der Waals surface area contributed by atoms with Crippen LogP contribution >= 0.6 is 11.6 Å². The second-order valence-electron chi connectivity index (χ2n) is 6.74. The Bertz CT molecular complexity index is 932. The highest BCUT2D eigenvalue weighted by Gasteiger charge is 2.20. The van der Waals surface area contributed by atoms with Crippen molar-refractivity contribution in [3.63, 3.8) is 0 Å². The lowest BCUT2D eigenvalue weighted by atomic mass is 10.1. The van der Waals surface area contributed by atoms with E-state index in [1.54, 1.807) is 13.0 Å². The van der Waals surface area contributed by atoms with Gasteiger partial charge in [0.25, 0.3) is 11.8 Å². The first-order chi connectivity index (χ1) is 13.9. The van der Waals surface area contributed by atoms with E-state index in [2.05, 4.69) is 10.9 Å². The molecule has 2 aromatic carbocycles. The molecule has 1 unspecified atom stereocenters. The molecular formula is C21H23ClN2O5. The van der Waals surface area contributed by atoms with Crippen LogP contribution in [0.25, 0.3) is 0 Å². The number of rotatable bonds is 4. The summed E-state index contributed by atoms with van der Waals surface area (Å²) in [6, 6.07) is 8.62. The number of hydrazine groups is 1. The minimum Gasteiger partial charge on any atom is -0.489 e. The second-order valence-corrected chi connectivity index (χ2v) is 7.14. The van der Waals surface area contributed by atoms with E-state index in [-0.39, 0.29) is 10.6 Å². The average molecular weight is 419 g/mol. The van der Waals surface area contributed by atoms with Gasteiger partial charge in [-0.2, -0.15) is 0 Å². The molecule has 2 N–H and O–H groups in total.